The third-order valence-electron chi connectivity index (χ3n) is 4.08. The van der Waals surface area contributed by atoms with E-state index in [1.807, 2.05) is 0 Å². The molecule has 31 heavy (non-hydrogen) atoms. The van der Waals surface area contributed by atoms with Gasteiger partial charge < -0.3 is 14.8 Å². The predicted molar refractivity (Wildman–Crippen MR) is 109 cm³/mol. The van der Waals surface area contributed by atoms with Crippen molar-refractivity contribution in [1.82, 2.24) is 9.71 Å². The lowest BCUT2D eigenvalue weighted by molar-refractivity contribution is 0.102. The van der Waals surface area contributed by atoms with Gasteiger partial charge in [-0.1, -0.05) is 0 Å². The first-order chi connectivity index (χ1) is 14.4. The molecule has 0 aliphatic carbocycles. The van der Waals surface area contributed by atoms with E-state index in [1.54, 1.807) is 0 Å². The van der Waals surface area contributed by atoms with Crippen LogP contribution >= 0.6 is 0 Å². The number of carbonyl (C=O) groups is 1. The summed E-state index contributed by atoms with van der Waals surface area (Å²) < 4.78 is 65.0. The van der Waals surface area contributed by atoms with Gasteiger partial charge in [-0.2, -0.15) is 0 Å². The number of benzene rings is 1. The second-order valence-corrected chi connectivity index (χ2v) is 8.45. The zero-order valence-corrected chi connectivity index (χ0v) is 16.8. The highest BCUT2D eigenvalue weighted by molar-refractivity contribution is 7.89. The van der Waals surface area contributed by atoms with E-state index in [4.69, 9.17) is 33.0 Å². The Kier molecular flexibility index (Phi) is 6.72. The fraction of sp³-hybridized carbons (Fsp3) is 0.294. The molecule has 0 saturated carbocycles. The van der Waals surface area contributed by atoms with Crippen molar-refractivity contribution in [2.24, 2.45) is 0 Å². The zero-order chi connectivity index (χ0) is 22.8. The second kappa shape index (κ2) is 8.97. The summed E-state index contributed by atoms with van der Waals surface area (Å²) in [6.45, 7) is 0.620. The molecule has 3 rings (SSSR count). The number of hydrogen-bond donors (Lipinski definition) is 2. The van der Waals surface area contributed by atoms with E-state index in [9.17, 15) is 22.0 Å². The van der Waals surface area contributed by atoms with Crippen molar-refractivity contribution in [2.45, 2.75) is 22.7 Å². The number of ether oxygens (including phenoxy) is 2. The molecule has 6 radical (unpaired) electrons. The van der Waals surface area contributed by atoms with Gasteiger partial charge in [0.1, 0.15) is 35.1 Å². The summed E-state index contributed by atoms with van der Waals surface area (Å²) in [5, 5.41) is -0.0979. The second-order valence-electron chi connectivity index (χ2n) is 6.73. The first-order valence-corrected chi connectivity index (χ1v) is 10.3. The van der Waals surface area contributed by atoms with E-state index in [0.717, 1.165) is 18.2 Å². The first-order valence-electron chi connectivity index (χ1n) is 8.87. The highest BCUT2D eigenvalue weighted by atomic mass is 32.2. The third-order valence-corrected chi connectivity index (χ3v) is 5.60. The number of rotatable bonds is 7. The average molecular weight is 443 g/mol. The molecule has 14 heteroatoms. The number of sulfonamides is 1. The monoisotopic (exact) mass is 443 g/mol. The number of anilines is 1. The number of halogens is 2. The molecule has 1 atom stereocenters. The van der Waals surface area contributed by atoms with Crippen LogP contribution < -0.4 is 14.8 Å². The van der Waals surface area contributed by atoms with Crippen LogP contribution in [0.5, 0.6) is 5.75 Å². The molecule has 156 valence electrons. The maximum absolute atomic E-state index is 13.9. The van der Waals surface area contributed by atoms with Gasteiger partial charge in [0.05, 0.1) is 23.3 Å². The van der Waals surface area contributed by atoms with Gasteiger partial charge in [-0.15, -0.1) is 0 Å². The van der Waals surface area contributed by atoms with Gasteiger partial charge in [0, 0.05) is 18.7 Å². The summed E-state index contributed by atoms with van der Waals surface area (Å²) in [5.41, 5.74) is -0.387. The molecule has 1 aliphatic heterocycles. The maximum atomic E-state index is 13.9. The normalized spacial score (nSPS) is 16.8. The number of pyridine rings is 1. The van der Waals surface area contributed by atoms with E-state index in [1.165, 1.54) is 0 Å². The van der Waals surface area contributed by atoms with Crippen LogP contribution in [0.2, 0.25) is 0 Å². The van der Waals surface area contributed by atoms with Crippen LogP contribution in [0.4, 0.5) is 14.6 Å². The van der Waals surface area contributed by atoms with Gasteiger partial charge in [0.2, 0.25) is 10.0 Å². The molecule has 2 N–H and O–H groups in total. The van der Waals surface area contributed by atoms with Crippen molar-refractivity contribution in [1.29, 1.82) is 0 Å². The minimum atomic E-state index is -4.05. The molecule has 0 spiro atoms. The molecular formula is C17H14B3F2N3O5S. The van der Waals surface area contributed by atoms with Gasteiger partial charge in [-0.25, -0.2) is 26.9 Å². The Morgan fingerprint density at radius 3 is 2.61 bits per heavy atom. The van der Waals surface area contributed by atoms with Gasteiger partial charge in [0.25, 0.3) is 5.91 Å². The van der Waals surface area contributed by atoms with Crippen LogP contribution in [-0.4, -0.2) is 67.4 Å². The predicted octanol–water partition coefficient (Wildman–Crippen LogP) is 0.175. The molecule has 1 amide bonds. The highest BCUT2D eigenvalue weighted by Gasteiger charge is 2.26. The number of aromatic nitrogens is 1. The summed E-state index contributed by atoms with van der Waals surface area (Å²) in [5.74, 6) is -4.00. The van der Waals surface area contributed by atoms with Crippen molar-refractivity contribution in [3.05, 3.63) is 47.7 Å². The van der Waals surface area contributed by atoms with Gasteiger partial charge in [-0.05, 0) is 29.9 Å². The molecule has 1 aromatic carbocycles. The van der Waals surface area contributed by atoms with E-state index in [0.29, 0.717) is 25.3 Å². The standard InChI is InChI=1S/C17H14B3F2N3O5S/c18-17(19,20)30-14-2-1-11(31(27,28)25-10-3-4-29-8-10)6-12(14)16(26)24-15-13(22)5-9(21)7-23-15/h1-2,5-7,10,25H,3-4,8H2,(H,23,24,26)/t10-/m0/s1. The number of hydrogen-bond acceptors (Lipinski definition) is 6. The number of nitrogens with one attached hydrogen (secondary N) is 2. The van der Waals surface area contributed by atoms with Crippen LogP contribution in [0.1, 0.15) is 16.8 Å². The molecule has 1 fully saturated rings. The molecular weight excluding hydrogens is 429 g/mol. The Balaban J connectivity index is 1.96. The van der Waals surface area contributed by atoms with Crippen LogP contribution in [-0.2, 0) is 14.8 Å². The Morgan fingerprint density at radius 1 is 1.26 bits per heavy atom. The van der Waals surface area contributed by atoms with E-state index < -0.39 is 44.7 Å². The Morgan fingerprint density at radius 2 is 2.00 bits per heavy atom. The summed E-state index contributed by atoms with van der Waals surface area (Å²) in [6.07, 6.45) is 1.18. The third kappa shape index (κ3) is 6.05. The molecule has 1 aliphatic rings. The Hall–Kier alpha value is -2.44. The molecule has 8 nitrogen and oxygen atoms in total. The van der Waals surface area contributed by atoms with Crippen LogP contribution in [0.3, 0.4) is 0 Å². The van der Waals surface area contributed by atoms with Crippen LogP contribution in [0.25, 0.3) is 0 Å². The Labute approximate surface area is 181 Å². The number of carbonyl (C=O) groups excluding carboxylic acids is 1. The molecule has 1 aromatic heterocycles. The van der Waals surface area contributed by atoms with E-state index in [-0.39, 0.29) is 22.8 Å². The van der Waals surface area contributed by atoms with Crippen molar-refractivity contribution in [2.75, 3.05) is 18.5 Å². The number of amides is 1. The minimum Gasteiger partial charge on any atom is -0.515 e. The van der Waals surface area contributed by atoms with E-state index >= 15 is 0 Å². The smallest absolute Gasteiger partial charge is 0.260 e. The zero-order valence-electron chi connectivity index (χ0n) is 16.0. The molecule has 0 bridgehead atoms. The van der Waals surface area contributed by atoms with Crippen molar-refractivity contribution in [3.8, 4) is 5.75 Å². The van der Waals surface area contributed by atoms with Gasteiger partial charge >= 0.3 is 0 Å². The Bertz CT molecular complexity index is 1090. The summed E-state index contributed by atoms with van der Waals surface area (Å²) in [7, 11) is 12.2. The van der Waals surface area contributed by atoms with Crippen LogP contribution in [0, 0.1) is 11.6 Å². The summed E-state index contributed by atoms with van der Waals surface area (Å²) in [6, 6.07) is 3.31. The van der Waals surface area contributed by atoms with Gasteiger partial charge in [0.15, 0.2) is 11.6 Å². The largest absolute Gasteiger partial charge is 0.515 e. The maximum Gasteiger partial charge on any atom is 0.260 e. The SMILES string of the molecule is [B]C([B])([B])Oc1ccc(S(=O)(=O)N[C@H]2CCOC2)cc1C(=O)Nc1ncc(F)cc1F. The lowest BCUT2D eigenvalue weighted by atomic mass is 9.52. The lowest BCUT2D eigenvalue weighted by Crippen LogP contribution is -2.38. The number of nitrogens with zero attached hydrogens (tertiary/aromatic N) is 1. The first kappa shape index (κ1) is 23.2. The molecule has 1 saturated heterocycles. The van der Waals surface area contributed by atoms with E-state index in [2.05, 4.69) is 15.0 Å². The average Bonchev–Trinajstić information content (AvgIpc) is 3.15. The van der Waals surface area contributed by atoms with Crippen molar-refractivity contribution in [3.63, 3.8) is 0 Å². The quantitative estimate of drug-likeness (QED) is 0.592. The topological polar surface area (TPSA) is 107 Å². The van der Waals surface area contributed by atoms with Crippen LogP contribution in [0.15, 0.2) is 35.4 Å². The molecule has 0 unspecified atom stereocenters. The lowest BCUT2D eigenvalue weighted by Gasteiger charge is -2.25. The summed E-state index contributed by atoms with van der Waals surface area (Å²) in [4.78, 5) is 15.9. The fourth-order valence-electron chi connectivity index (χ4n) is 2.73. The van der Waals surface area contributed by atoms with Gasteiger partial charge in [-0.3, -0.25) is 4.79 Å². The molecule has 2 heterocycles. The highest BCUT2D eigenvalue weighted by Crippen LogP contribution is 2.26. The summed E-state index contributed by atoms with van der Waals surface area (Å²) >= 11 is 0. The fourth-order valence-corrected chi connectivity index (χ4v) is 4.01. The van der Waals surface area contributed by atoms with Crippen molar-refractivity contribution < 1.29 is 31.5 Å². The molecule has 2 aromatic rings. The minimum absolute atomic E-state index is 0.208. The van der Waals surface area contributed by atoms with Crippen molar-refractivity contribution >= 4 is 45.3 Å².